The van der Waals surface area contributed by atoms with Crippen LogP contribution >= 0.6 is 12.2 Å². The van der Waals surface area contributed by atoms with Crippen molar-refractivity contribution in [3.63, 3.8) is 0 Å². The third-order valence-electron chi connectivity index (χ3n) is 3.10. The maximum absolute atomic E-state index is 12.1. The van der Waals surface area contributed by atoms with Crippen molar-refractivity contribution in [2.75, 3.05) is 7.11 Å². The summed E-state index contributed by atoms with van der Waals surface area (Å²) >= 11 is 5.08. The number of benzene rings is 1. The monoisotopic (exact) mass is 332 g/mol. The average Bonchev–Trinajstić information content (AvgIpc) is 2.54. The first-order valence-corrected chi connectivity index (χ1v) is 7.14. The highest BCUT2D eigenvalue weighted by Gasteiger charge is 2.08. The normalized spacial score (nSPS) is 10.2. The van der Waals surface area contributed by atoms with Crippen molar-refractivity contribution in [2.24, 2.45) is 0 Å². The molecule has 0 saturated heterocycles. The summed E-state index contributed by atoms with van der Waals surface area (Å²) < 4.78 is 11.8. The van der Waals surface area contributed by atoms with E-state index >= 15 is 0 Å². The van der Waals surface area contributed by atoms with Crippen molar-refractivity contribution >= 4 is 18.2 Å². The molecule has 1 N–H and O–H groups in total. The molecule has 0 aliphatic heterocycles. The summed E-state index contributed by atoms with van der Waals surface area (Å²) in [7, 11) is 1.57. The molecule has 0 radical (unpaired) electrons. The van der Waals surface area contributed by atoms with Gasteiger partial charge in [-0.15, -0.1) is 0 Å². The number of ether oxygens (including phenoxy) is 2. The van der Waals surface area contributed by atoms with Crippen molar-refractivity contribution in [1.82, 2.24) is 9.55 Å². The first kappa shape index (κ1) is 16.7. The lowest BCUT2D eigenvalue weighted by molar-refractivity contribution is -0.142. The molecule has 0 fully saturated rings. The Morgan fingerprint density at radius 3 is 2.57 bits per heavy atom. The van der Waals surface area contributed by atoms with Gasteiger partial charge in [0.1, 0.15) is 5.75 Å². The smallest absolute Gasteiger partial charge is 0.334 e. The van der Waals surface area contributed by atoms with Crippen molar-refractivity contribution < 1.29 is 14.3 Å². The quantitative estimate of drug-likeness (QED) is 0.518. The number of esters is 1. The zero-order valence-electron chi connectivity index (χ0n) is 12.8. The van der Waals surface area contributed by atoms with E-state index < -0.39 is 5.97 Å². The summed E-state index contributed by atoms with van der Waals surface area (Å²) in [6, 6.07) is 7.02. The fourth-order valence-electron chi connectivity index (χ4n) is 1.83. The Morgan fingerprint density at radius 2 is 2.00 bits per heavy atom. The molecule has 0 aliphatic rings. The van der Waals surface area contributed by atoms with Gasteiger partial charge in [0, 0.05) is 11.8 Å². The molecule has 2 aromatic rings. The fourth-order valence-corrected chi connectivity index (χ4v) is 2.03. The highest BCUT2D eigenvalue weighted by molar-refractivity contribution is 7.71. The van der Waals surface area contributed by atoms with Gasteiger partial charge in [0.25, 0.3) is 5.56 Å². The second-order valence-electron chi connectivity index (χ2n) is 4.84. The third kappa shape index (κ3) is 3.95. The Bertz CT molecular complexity index is 850. The maximum atomic E-state index is 12.1. The van der Waals surface area contributed by atoms with Crippen LogP contribution in [0.25, 0.3) is 11.1 Å². The van der Waals surface area contributed by atoms with Crippen molar-refractivity contribution in [2.45, 2.75) is 13.7 Å². The van der Waals surface area contributed by atoms with Gasteiger partial charge in [-0.3, -0.25) is 14.3 Å². The molecule has 2 rings (SSSR count). The summed E-state index contributed by atoms with van der Waals surface area (Å²) in [5.41, 5.74) is 1.08. The Hall–Kier alpha value is -2.67. The molecule has 0 spiro atoms. The first-order chi connectivity index (χ1) is 10.9. The second kappa shape index (κ2) is 7.06. The summed E-state index contributed by atoms with van der Waals surface area (Å²) in [6.45, 7) is 4.95. The predicted octanol–water partition coefficient (Wildman–Crippen LogP) is 2.66. The van der Waals surface area contributed by atoms with Gasteiger partial charge in [-0.2, -0.15) is 0 Å². The molecule has 1 heterocycles. The predicted molar refractivity (Wildman–Crippen MR) is 88.8 cm³/mol. The summed E-state index contributed by atoms with van der Waals surface area (Å²) in [5.74, 6) is 0.164. The van der Waals surface area contributed by atoms with Crippen molar-refractivity contribution in [3.05, 3.63) is 57.7 Å². The SMILES string of the molecule is C=C(C)C(=O)OCn1cc(-c2ccc(OC)cc2)c(=O)[nH]c1=S. The van der Waals surface area contributed by atoms with Crippen LogP contribution in [-0.4, -0.2) is 22.6 Å². The minimum Gasteiger partial charge on any atom is -0.497 e. The van der Waals surface area contributed by atoms with E-state index in [2.05, 4.69) is 11.6 Å². The van der Waals surface area contributed by atoms with Crippen molar-refractivity contribution in [1.29, 1.82) is 0 Å². The summed E-state index contributed by atoms with van der Waals surface area (Å²) in [6.07, 6.45) is 1.55. The van der Waals surface area contributed by atoms with Crippen LogP contribution in [0.15, 0.2) is 47.4 Å². The molecule has 0 saturated carbocycles. The first-order valence-electron chi connectivity index (χ1n) is 6.73. The van der Waals surface area contributed by atoms with Gasteiger partial charge in [0.05, 0.1) is 12.7 Å². The molecule has 23 heavy (non-hydrogen) atoms. The molecule has 1 aromatic heterocycles. The fraction of sp³-hybridized carbons (Fsp3) is 0.188. The zero-order valence-corrected chi connectivity index (χ0v) is 13.6. The van der Waals surface area contributed by atoms with Gasteiger partial charge in [-0.05, 0) is 36.8 Å². The average molecular weight is 332 g/mol. The molecule has 0 bridgehead atoms. The molecule has 0 amide bonds. The standard InChI is InChI=1S/C16H16N2O4S/c1-10(2)15(20)22-9-18-8-13(14(19)17-16(18)23)11-4-6-12(21-3)7-5-11/h4-8H,1,9H2,2-3H3,(H,17,19,23). The van der Waals surface area contributed by atoms with Gasteiger partial charge < -0.3 is 9.47 Å². The van der Waals surface area contributed by atoms with Gasteiger partial charge >= 0.3 is 5.97 Å². The number of nitrogens with zero attached hydrogens (tertiary/aromatic N) is 1. The lowest BCUT2D eigenvalue weighted by Gasteiger charge is -2.10. The van der Waals surface area contributed by atoms with Gasteiger partial charge in [0.15, 0.2) is 11.5 Å². The minimum absolute atomic E-state index is 0.107. The van der Waals surface area contributed by atoms with E-state index in [1.54, 1.807) is 44.5 Å². The number of nitrogens with one attached hydrogen (secondary N) is 1. The molecule has 0 unspecified atom stereocenters. The van der Waals surface area contributed by atoms with Gasteiger partial charge in [0.2, 0.25) is 0 Å². The number of carbonyl (C=O) groups is 1. The van der Waals surface area contributed by atoms with E-state index in [0.717, 1.165) is 0 Å². The van der Waals surface area contributed by atoms with Crippen LogP contribution in [0.5, 0.6) is 5.75 Å². The van der Waals surface area contributed by atoms with Crippen LogP contribution in [0.3, 0.4) is 0 Å². The van der Waals surface area contributed by atoms with E-state index in [0.29, 0.717) is 16.9 Å². The van der Waals surface area contributed by atoms with Crippen molar-refractivity contribution in [3.8, 4) is 16.9 Å². The molecule has 120 valence electrons. The number of H-pyrrole nitrogens is 1. The molecule has 7 heteroatoms. The lowest BCUT2D eigenvalue weighted by Crippen LogP contribution is -2.18. The lowest BCUT2D eigenvalue weighted by atomic mass is 10.1. The largest absolute Gasteiger partial charge is 0.497 e. The summed E-state index contributed by atoms with van der Waals surface area (Å²) in [4.78, 5) is 26.1. The maximum Gasteiger partial charge on any atom is 0.334 e. The van der Waals surface area contributed by atoms with Crippen LogP contribution < -0.4 is 10.3 Å². The minimum atomic E-state index is -0.524. The second-order valence-corrected chi connectivity index (χ2v) is 5.23. The molecule has 0 atom stereocenters. The van der Waals surface area contributed by atoms with Gasteiger partial charge in [-0.1, -0.05) is 18.7 Å². The third-order valence-corrected chi connectivity index (χ3v) is 3.43. The van der Waals surface area contributed by atoms with E-state index in [-0.39, 0.29) is 22.6 Å². The number of hydrogen-bond donors (Lipinski definition) is 1. The topological polar surface area (TPSA) is 73.3 Å². The number of aromatic amines is 1. The van der Waals surface area contributed by atoms with Crippen LogP contribution in [0.2, 0.25) is 0 Å². The Balaban J connectivity index is 2.35. The highest BCUT2D eigenvalue weighted by atomic mass is 32.1. The Kier molecular flexibility index (Phi) is 5.13. The molecule has 1 aromatic carbocycles. The van der Waals surface area contributed by atoms with Crippen LogP contribution in [0.1, 0.15) is 6.92 Å². The van der Waals surface area contributed by atoms with E-state index in [1.807, 2.05) is 0 Å². The summed E-state index contributed by atoms with van der Waals surface area (Å²) in [5, 5.41) is 0. The van der Waals surface area contributed by atoms with Gasteiger partial charge in [-0.25, -0.2) is 4.79 Å². The Labute approximate surface area is 138 Å². The Morgan fingerprint density at radius 1 is 1.35 bits per heavy atom. The number of carbonyl (C=O) groups excluding carboxylic acids is 1. The van der Waals surface area contributed by atoms with Crippen LogP contribution in [0, 0.1) is 4.77 Å². The number of methoxy groups -OCH3 is 1. The molecule has 0 aliphatic carbocycles. The molecular formula is C16H16N2O4S. The number of hydrogen-bond acceptors (Lipinski definition) is 5. The van der Waals surface area contributed by atoms with E-state index in [1.165, 1.54) is 4.57 Å². The zero-order chi connectivity index (χ0) is 17.0. The number of aromatic nitrogens is 2. The highest BCUT2D eigenvalue weighted by Crippen LogP contribution is 2.19. The van der Waals surface area contributed by atoms with Crippen LogP contribution in [0.4, 0.5) is 0 Å². The molecule has 6 nitrogen and oxygen atoms in total. The number of rotatable bonds is 5. The van der Waals surface area contributed by atoms with E-state index in [4.69, 9.17) is 21.7 Å². The van der Waals surface area contributed by atoms with Crippen LogP contribution in [-0.2, 0) is 16.3 Å². The molecular weight excluding hydrogens is 316 g/mol. The van der Waals surface area contributed by atoms with E-state index in [9.17, 15) is 9.59 Å².